The Labute approximate surface area is 188 Å². The highest BCUT2D eigenvalue weighted by atomic mass is 16.5. The molecular formula is C25H27N3O4. The van der Waals surface area contributed by atoms with Gasteiger partial charge >= 0.3 is 0 Å². The van der Waals surface area contributed by atoms with Crippen LogP contribution in [0.1, 0.15) is 11.1 Å². The molecule has 0 aliphatic carbocycles. The van der Waals surface area contributed by atoms with Crippen molar-refractivity contribution in [1.29, 1.82) is 0 Å². The van der Waals surface area contributed by atoms with Crippen molar-refractivity contribution in [2.24, 2.45) is 0 Å². The first kappa shape index (κ1) is 21.6. The Balaban J connectivity index is 1.53. The molecular weight excluding hydrogens is 406 g/mol. The lowest BCUT2D eigenvalue weighted by Crippen LogP contribution is -2.25. The summed E-state index contributed by atoms with van der Waals surface area (Å²) < 4.78 is 22.0. The summed E-state index contributed by atoms with van der Waals surface area (Å²) in [5, 5.41) is 8.36. The lowest BCUT2D eigenvalue weighted by atomic mass is 10.1. The first-order valence-electron chi connectivity index (χ1n) is 10.4. The van der Waals surface area contributed by atoms with Crippen molar-refractivity contribution in [2.75, 3.05) is 41.0 Å². The third kappa shape index (κ3) is 5.00. The fourth-order valence-corrected chi connectivity index (χ4v) is 3.63. The highest BCUT2D eigenvalue weighted by Gasteiger charge is 2.20. The summed E-state index contributed by atoms with van der Waals surface area (Å²) >= 11 is 0. The largest absolute Gasteiger partial charge is 0.497 e. The zero-order valence-corrected chi connectivity index (χ0v) is 18.6. The summed E-state index contributed by atoms with van der Waals surface area (Å²) in [7, 11) is 4.90. The minimum absolute atomic E-state index is 0.480. The quantitative estimate of drug-likeness (QED) is 0.556. The summed E-state index contributed by atoms with van der Waals surface area (Å²) in [5.41, 5.74) is 3.88. The zero-order chi connectivity index (χ0) is 22.3. The summed E-state index contributed by atoms with van der Waals surface area (Å²) in [6.45, 7) is 2.98. The molecule has 2 heterocycles. The summed E-state index contributed by atoms with van der Waals surface area (Å²) in [6, 6.07) is 15.7. The molecule has 0 bridgehead atoms. The van der Waals surface area contributed by atoms with Crippen LogP contribution in [0.5, 0.6) is 23.1 Å². The summed E-state index contributed by atoms with van der Waals surface area (Å²) in [4.78, 5) is 2.34. The predicted molar refractivity (Wildman–Crippen MR) is 123 cm³/mol. The molecule has 0 amide bonds. The highest BCUT2D eigenvalue weighted by Crippen LogP contribution is 2.38. The Bertz CT molecular complexity index is 1070. The van der Waals surface area contributed by atoms with E-state index in [0.717, 1.165) is 53.5 Å². The fourth-order valence-electron chi connectivity index (χ4n) is 3.63. The number of methoxy groups -OCH3 is 3. The average molecular weight is 434 g/mol. The first-order chi connectivity index (χ1) is 15.7. The van der Waals surface area contributed by atoms with E-state index in [4.69, 9.17) is 18.9 Å². The van der Waals surface area contributed by atoms with Gasteiger partial charge in [-0.05, 0) is 35.9 Å². The number of nitrogens with zero attached hydrogens (tertiary/aromatic N) is 3. The van der Waals surface area contributed by atoms with Gasteiger partial charge in [-0.3, -0.25) is 4.90 Å². The maximum atomic E-state index is 6.06. The topological polar surface area (TPSA) is 65.9 Å². The number of hydrogen-bond donors (Lipinski definition) is 0. The van der Waals surface area contributed by atoms with Crippen molar-refractivity contribution < 1.29 is 18.9 Å². The van der Waals surface area contributed by atoms with Crippen molar-refractivity contribution in [3.05, 3.63) is 65.7 Å². The molecule has 0 saturated carbocycles. The van der Waals surface area contributed by atoms with E-state index in [2.05, 4.69) is 33.3 Å². The van der Waals surface area contributed by atoms with E-state index in [1.807, 2.05) is 36.4 Å². The molecule has 0 unspecified atom stereocenters. The van der Waals surface area contributed by atoms with Crippen LogP contribution in [0.4, 0.5) is 0 Å². The Hall–Kier alpha value is -3.58. The Kier molecular flexibility index (Phi) is 6.87. The molecule has 4 rings (SSSR count). The molecule has 1 aromatic heterocycles. The lowest BCUT2D eigenvalue weighted by Gasteiger charge is -2.18. The molecule has 7 heteroatoms. The number of aromatic nitrogens is 2. The number of rotatable bonds is 7. The van der Waals surface area contributed by atoms with Gasteiger partial charge in [-0.2, -0.15) is 0 Å². The van der Waals surface area contributed by atoms with Gasteiger partial charge < -0.3 is 18.9 Å². The van der Waals surface area contributed by atoms with Crippen molar-refractivity contribution in [3.63, 3.8) is 0 Å². The van der Waals surface area contributed by atoms with E-state index in [0.29, 0.717) is 18.2 Å². The van der Waals surface area contributed by atoms with Gasteiger partial charge in [-0.15, -0.1) is 10.2 Å². The van der Waals surface area contributed by atoms with Gasteiger partial charge in [0.05, 0.1) is 27.0 Å². The van der Waals surface area contributed by atoms with E-state index in [-0.39, 0.29) is 0 Å². The molecule has 0 atom stereocenters. The zero-order valence-electron chi connectivity index (χ0n) is 18.6. The van der Waals surface area contributed by atoms with Crippen LogP contribution in [0.25, 0.3) is 17.3 Å². The Morgan fingerprint density at radius 3 is 2.50 bits per heavy atom. The first-order valence-corrected chi connectivity index (χ1v) is 10.4. The lowest BCUT2D eigenvalue weighted by molar-refractivity contribution is 0.238. The van der Waals surface area contributed by atoms with Crippen molar-refractivity contribution in [2.45, 2.75) is 6.54 Å². The smallest absolute Gasteiger partial charge is 0.233 e. The maximum Gasteiger partial charge on any atom is 0.233 e. The standard InChI is InChI=1S/C25H27N3O4/c1-29-21-8-6-18(7-9-21)5-4-12-28-13-14-32-25-20(17-28)15-19(16-23(25)30-2)22-10-11-24(31-3)27-26-22/h4-11,15-16H,12-14,17H2,1-3H3/b5-4+. The molecule has 7 nitrogen and oxygen atoms in total. The van der Waals surface area contributed by atoms with Crippen LogP contribution in [0.15, 0.2) is 54.6 Å². The molecule has 0 fully saturated rings. The Morgan fingerprint density at radius 2 is 1.81 bits per heavy atom. The van der Waals surface area contributed by atoms with Gasteiger partial charge in [0, 0.05) is 36.8 Å². The second-order valence-electron chi connectivity index (χ2n) is 7.39. The Morgan fingerprint density at radius 1 is 0.969 bits per heavy atom. The van der Waals surface area contributed by atoms with Gasteiger partial charge in [0.2, 0.25) is 5.88 Å². The number of benzene rings is 2. The molecule has 166 valence electrons. The van der Waals surface area contributed by atoms with Crippen LogP contribution in [0.2, 0.25) is 0 Å². The van der Waals surface area contributed by atoms with E-state index in [1.165, 1.54) is 0 Å². The summed E-state index contributed by atoms with van der Waals surface area (Å²) in [6.07, 6.45) is 4.29. The van der Waals surface area contributed by atoms with Crippen LogP contribution in [-0.2, 0) is 6.54 Å². The normalized spacial score (nSPS) is 13.8. The van der Waals surface area contributed by atoms with Crippen LogP contribution < -0.4 is 18.9 Å². The van der Waals surface area contributed by atoms with Crippen LogP contribution in [-0.4, -0.2) is 56.1 Å². The monoisotopic (exact) mass is 433 g/mol. The van der Waals surface area contributed by atoms with E-state index in [9.17, 15) is 0 Å². The van der Waals surface area contributed by atoms with Crippen molar-refractivity contribution >= 4 is 6.08 Å². The van der Waals surface area contributed by atoms with Crippen molar-refractivity contribution in [1.82, 2.24) is 15.1 Å². The SMILES string of the molecule is COc1ccc(/C=C/CN2CCOc3c(cc(-c4ccc(OC)nn4)cc3OC)C2)cc1. The molecule has 1 aliphatic rings. The minimum Gasteiger partial charge on any atom is -0.497 e. The van der Waals surface area contributed by atoms with Gasteiger partial charge in [-0.1, -0.05) is 24.3 Å². The third-order valence-corrected chi connectivity index (χ3v) is 5.33. The average Bonchev–Trinajstić information content (AvgIpc) is 3.06. The van der Waals surface area contributed by atoms with E-state index < -0.39 is 0 Å². The highest BCUT2D eigenvalue weighted by molar-refractivity contribution is 5.66. The van der Waals surface area contributed by atoms with Gasteiger partial charge in [0.1, 0.15) is 12.4 Å². The number of hydrogen-bond acceptors (Lipinski definition) is 7. The summed E-state index contributed by atoms with van der Waals surface area (Å²) in [5.74, 6) is 2.83. The second kappa shape index (κ2) is 10.2. The number of ether oxygens (including phenoxy) is 4. The van der Waals surface area contributed by atoms with Crippen molar-refractivity contribution in [3.8, 4) is 34.4 Å². The number of fused-ring (bicyclic) bond motifs is 1. The fraction of sp³-hybridized carbons (Fsp3) is 0.280. The van der Waals surface area contributed by atoms with E-state index in [1.54, 1.807) is 27.4 Å². The van der Waals surface area contributed by atoms with Gasteiger partial charge in [0.25, 0.3) is 0 Å². The minimum atomic E-state index is 0.480. The second-order valence-corrected chi connectivity index (χ2v) is 7.39. The van der Waals surface area contributed by atoms with Crippen LogP contribution in [0, 0.1) is 0 Å². The predicted octanol–water partition coefficient (Wildman–Crippen LogP) is 4.08. The molecule has 0 radical (unpaired) electrons. The molecule has 0 saturated heterocycles. The van der Waals surface area contributed by atoms with Gasteiger partial charge in [0.15, 0.2) is 11.5 Å². The molecule has 2 aromatic carbocycles. The molecule has 0 spiro atoms. The van der Waals surface area contributed by atoms with Crippen LogP contribution in [0.3, 0.4) is 0 Å². The molecule has 3 aromatic rings. The maximum absolute atomic E-state index is 6.06. The van der Waals surface area contributed by atoms with Crippen LogP contribution >= 0.6 is 0 Å². The molecule has 1 aliphatic heterocycles. The molecule has 32 heavy (non-hydrogen) atoms. The third-order valence-electron chi connectivity index (χ3n) is 5.33. The molecule has 0 N–H and O–H groups in total. The van der Waals surface area contributed by atoms with E-state index >= 15 is 0 Å². The van der Waals surface area contributed by atoms with Gasteiger partial charge in [-0.25, -0.2) is 0 Å².